The first-order chi connectivity index (χ1) is 13.2. The van der Waals surface area contributed by atoms with E-state index in [1.165, 1.54) is 10.4 Å². The molecule has 2 aromatic rings. The van der Waals surface area contributed by atoms with Crippen LogP contribution in [0.15, 0.2) is 41.3 Å². The molecule has 2 aromatic carbocycles. The van der Waals surface area contributed by atoms with Crippen LogP contribution < -0.4 is 5.32 Å². The Morgan fingerprint density at radius 3 is 2.43 bits per heavy atom. The number of benzene rings is 2. The second kappa shape index (κ2) is 8.23. The second-order valence-corrected chi connectivity index (χ2v) is 9.75. The molecule has 5 nitrogen and oxygen atoms in total. The lowest BCUT2D eigenvalue weighted by molar-refractivity contribution is 0.102. The molecular formula is C21H25ClN2O3S. The lowest BCUT2D eigenvalue weighted by Gasteiger charge is -2.30. The molecule has 1 aliphatic heterocycles. The summed E-state index contributed by atoms with van der Waals surface area (Å²) >= 11 is 6.11. The maximum absolute atomic E-state index is 13.2. The summed E-state index contributed by atoms with van der Waals surface area (Å²) in [7, 11) is -3.65. The lowest BCUT2D eigenvalue weighted by atomic mass is 10.0. The van der Waals surface area contributed by atoms with Gasteiger partial charge in [-0.3, -0.25) is 4.79 Å². The van der Waals surface area contributed by atoms with Gasteiger partial charge in [0.15, 0.2) is 0 Å². The first kappa shape index (κ1) is 20.8. The largest absolute Gasteiger partial charge is 0.321 e. The van der Waals surface area contributed by atoms with Crippen molar-refractivity contribution in [1.29, 1.82) is 0 Å². The summed E-state index contributed by atoms with van der Waals surface area (Å²) in [6, 6.07) is 10.1. The summed E-state index contributed by atoms with van der Waals surface area (Å²) in [4.78, 5) is 13.0. The number of aryl methyl sites for hydroxylation is 1. The van der Waals surface area contributed by atoms with Crippen molar-refractivity contribution in [3.63, 3.8) is 0 Å². The number of halogens is 1. The zero-order chi connectivity index (χ0) is 20.5. The van der Waals surface area contributed by atoms with Crippen LogP contribution in [0, 0.1) is 19.8 Å². The van der Waals surface area contributed by atoms with Gasteiger partial charge in [-0.2, -0.15) is 4.31 Å². The zero-order valence-corrected chi connectivity index (χ0v) is 17.9. The third kappa shape index (κ3) is 4.24. The number of para-hydroxylation sites is 1. The number of rotatable bonds is 4. The molecule has 1 heterocycles. The Morgan fingerprint density at radius 1 is 1.14 bits per heavy atom. The van der Waals surface area contributed by atoms with Crippen LogP contribution in [0.4, 0.5) is 5.69 Å². The molecule has 0 aliphatic carbocycles. The quantitative estimate of drug-likeness (QED) is 0.784. The Hall–Kier alpha value is -1.89. The molecule has 0 radical (unpaired) electrons. The van der Waals surface area contributed by atoms with Gasteiger partial charge in [0, 0.05) is 18.7 Å². The van der Waals surface area contributed by atoms with Crippen molar-refractivity contribution < 1.29 is 13.2 Å². The number of nitrogens with zero attached hydrogens (tertiary/aromatic N) is 1. The van der Waals surface area contributed by atoms with E-state index in [1.807, 2.05) is 6.92 Å². The van der Waals surface area contributed by atoms with Crippen LogP contribution in [0.5, 0.6) is 0 Å². The van der Waals surface area contributed by atoms with Crippen LogP contribution in [0.25, 0.3) is 0 Å². The molecule has 0 aromatic heterocycles. The van der Waals surface area contributed by atoms with Gasteiger partial charge in [0.05, 0.1) is 15.6 Å². The van der Waals surface area contributed by atoms with Crippen molar-refractivity contribution in [2.45, 2.75) is 38.5 Å². The fourth-order valence-corrected chi connectivity index (χ4v) is 5.32. The Labute approximate surface area is 171 Å². The summed E-state index contributed by atoms with van der Waals surface area (Å²) < 4.78 is 28.0. The van der Waals surface area contributed by atoms with Crippen LogP contribution in [-0.4, -0.2) is 31.7 Å². The molecule has 1 amide bonds. The number of hydrogen-bond donors (Lipinski definition) is 1. The molecule has 28 heavy (non-hydrogen) atoms. The molecule has 0 spiro atoms. The van der Waals surface area contributed by atoms with E-state index in [4.69, 9.17) is 11.6 Å². The first-order valence-corrected chi connectivity index (χ1v) is 11.2. The number of anilines is 1. The predicted octanol–water partition coefficient (Wildman–Crippen LogP) is 4.63. The molecule has 1 fully saturated rings. The van der Waals surface area contributed by atoms with Gasteiger partial charge in [-0.25, -0.2) is 8.42 Å². The standard InChI is InChI=1S/C21H25ClN2O3S/c1-14-8-10-24(11-9-14)28(26,27)20-13-17(12-15(2)16(20)3)21(25)23-19-7-5-4-6-18(19)22/h4-7,12-14H,8-11H2,1-3H3,(H,23,25). The van der Waals surface area contributed by atoms with Gasteiger partial charge in [0.25, 0.3) is 5.91 Å². The average Bonchev–Trinajstić information content (AvgIpc) is 2.65. The number of carbonyl (C=O) groups is 1. The van der Waals surface area contributed by atoms with Crippen molar-refractivity contribution in [2.24, 2.45) is 5.92 Å². The van der Waals surface area contributed by atoms with E-state index >= 15 is 0 Å². The minimum absolute atomic E-state index is 0.200. The third-order valence-electron chi connectivity index (χ3n) is 5.36. The molecule has 1 aliphatic rings. The summed E-state index contributed by atoms with van der Waals surface area (Å²) in [5.74, 6) is 0.141. The number of amides is 1. The highest BCUT2D eigenvalue weighted by molar-refractivity contribution is 7.89. The molecule has 1 N–H and O–H groups in total. The molecule has 3 rings (SSSR count). The van der Waals surface area contributed by atoms with E-state index in [9.17, 15) is 13.2 Å². The maximum Gasteiger partial charge on any atom is 0.255 e. The van der Waals surface area contributed by atoms with Gasteiger partial charge in [0.1, 0.15) is 0 Å². The average molecular weight is 421 g/mol. The first-order valence-electron chi connectivity index (χ1n) is 9.37. The summed E-state index contributed by atoms with van der Waals surface area (Å²) in [5, 5.41) is 3.18. The maximum atomic E-state index is 13.2. The van der Waals surface area contributed by atoms with Crippen LogP contribution in [0.2, 0.25) is 5.02 Å². The number of piperidine rings is 1. The van der Waals surface area contributed by atoms with Gasteiger partial charge in [0.2, 0.25) is 10.0 Å². The van der Waals surface area contributed by atoms with Crippen LogP contribution in [0.1, 0.15) is 41.3 Å². The zero-order valence-electron chi connectivity index (χ0n) is 16.3. The minimum Gasteiger partial charge on any atom is -0.321 e. The van der Waals surface area contributed by atoms with E-state index in [1.54, 1.807) is 37.3 Å². The topological polar surface area (TPSA) is 66.5 Å². The van der Waals surface area contributed by atoms with Crippen molar-refractivity contribution in [1.82, 2.24) is 4.31 Å². The molecule has 0 unspecified atom stereocenters. The predicted molar refractivity (Wildman–Crippen MR) is 112 cm³/mol. The normalized spacial score (nSPS) is 16.1. The van der Waals surface area contributed by atoms with E-state index < -0.39 is 10.0 Å². The fraction of sp³-hybridized carbons (Fsp3) is 0.381. The summed E-state index contributed by atoms with van der Waals surface area (Å²) in [5.41, 5.74) is 2.22. The molecule has 0 bridgehead atoms. The molecule has 0 atom stereocenters. The SMILES string of the molecule is Cc1cc(C(=O)Nc2ccccc2Cl)cc(S(=O)(=O)N2CCC(C)CC2)c1C. The van der Waals surface area contributed by atoms with Crippen molar-refractivity contribution in [3.05, 3.63) is 58.1 Å². The van der Waals surface area contributed by atoms with Crippen LogP contribution in [-0.2, 0) is 10.0 Å². The second-order valence-electron chi connectivity index (χ2n) is 7.44. The van der Waals surface area contributed by atoms with Crippen molar-refractivity contribution >= 4 is 33.2 Å². The third-order valence-corrected chi connectivity index (χ3v) is 7.72. The lowest BCUT2D eigenvalue weighted by Crippen LogP contribution is -2.38. The highest BCUT2D eigenvalue weighted by atomic mass is 35.5. The van der Waals surface area contributed by atoms with Gasteiger partial charge >= 0.3 is 0 Å². The molecular weight excluding hydrogens is 396 g/mol. The van der Waals surface area contributed by atoms with Crippen LogP contribution >= 0.6 is 11.6 Å². The van der Waals surface area contributed by atoms with Crippen molar-refractivity contribution in [2.75, 3.05) is 18.4 Å². The van der Waals surface area contributed by atoms with Gasteiger partial charge in [-0.05, 0) is 68.0 Å². The van der Waals surface area contributed by atoms with E-state index in [2.05, 4.69) is 12.2 Å². The van der Waals surface area contributed by atoms with Crippen molar-refractivity contribution in [3.8, 4) is 0 Å². The smallest absolute Gasteiger partial charge is 0.255 e. The Balaban J connectivity index is 1.94. The summed E-state index contributed by atoms with van der Waals surface area (Å²) in [6.45, 7) is 6.76. The van der Waals surface area contributed by atoms with Gasteiger partial charge < -0.3 is 5.32 Å². The minimum atomic E-state index is -3.65. The molecule has 0 saturated carbocycles. The highest BCUT2D eigenvalue weighted by Crippen LogP contribution is 2.29. The van der Waals surface area contributed by atoms with E-state index in [0.717, 1.165) is 18.4 Å². The monoisotopic (exact) mass is 420 g/mol. The van der Waals surface area contributed by atoms with Crippen LogP contribution in [0.3, 0.4) is 0 Å². The molecule has 1 saturated heterocycles. The van der Waals surface area contributed by atoms with Gasteiger partial charge in [-0.1, -0.05) is 30.7 Å². The Kier molecular flexibility index (Phi) is 6.12. The number of nitrogens with one attached hydrogen (secondary N) is 1. The van der Waals surface area contributed by atoms with E-state index in [0.29, 0.717) is 40.8 Å². The number of hydrogen-bond acceptors (Lipinski definition) is 3. The molecule has 150 valence electrons. The number of carbonyl (C=O) groups excluding carboxylic acids is 1. The molecule has 7 heteroatoms. The van der Waals surface area contributed by atoms with Gasteiger partial charge in [-0.15, -0.1) is 0 Å². The highest BCUT2D eigenvalue weighted by Gasteiger charge is 2.30. The number of sulfonamides is 1. The van der Waals surface area contributed by atoms with E-state index in [-0.39, 0.29) is 10.8 Å². The fourth-order valence-electron chi connectivity index (χ4n) is 3.35. The summed E-state index contributed by atoms with van der Waals surface area (Å²) in [6.07, 6.45) is 1.70. The Morgan fingerprint density at radius 2 is 1.79 bits per heavy atom. The Bertz CT molecular complexity index is 997.